The van der Waals surface area contributed by atoms with E-state index in [1.54, 1.807) is 6.20 Å². The number of anilines is 2. The van der Waals surface area contributed by atoms with Crippen molar-refractivity contribution < 1.29 is 9.59 Å². The van der Waals surface area contributed by atoms with Gasteiger partial charge in [0.05, 0.1) is 0 Å². The molecule has 7 nitrogen and oxygen atoms in total. The van der Waals surface area contributed by atoms with E-state index in [0.717, 1.165) is 31.7 Å². The van der Waals surface area contributed by atoms with Gasteiger partial charge in [-0.2, -0.15) is 0 Å². The fourth-order valence-electron chi connectivity index (χ4n) is 4.67. The maximum Gasteiger partial charge on any atom is 0.253 e. The van der Waals surface area contributed by atoms with Crippen LogP contribution in [0.5, 0.6) is 0 Å². The number of pyridine rings is 1. The van der Waals surface area contributed by atoms with Crippen LogP contribution in [0.25, 0.3) is 0 Å². The summed E-state index contributed by atoms with van der Waals surface area (Å²) >= 11 is 0. The molecule has 0 atom stereocenters. The average molecular weight is 450 g/mol. The second kappa shape index (κ2) is 10.3. The first kappa shape index (κ1) is 23.2. The lowest BCUT2D eigenvalue weighted by Gasteiger charge is -2.38. The molecule has 2 saturated heterocycles. The molecular formula is C26H35N5O2. The summed E-state index contributed by atoms with van der Waals surface area (Å²) in [5.41, 5.74) is 2.95. The van der Waals surface area contributed by atoms with Crippen LogP contribution in [0.1, 0.15) is 42.6 Å². The first-order valence-electron chi connectivity index (χ1n) is 12.0. The molecule has 2 aromatic rings. The Balaban J connectivity index is 1.27. The molecule has 0 unspecified atom stereocenters. The Hall–Kier alpha value is -2.93. The van der Waals surface area contributed by atoms with Gasteiger partial charge in [-0.15, -0.1) is 0 Å². The second-order valence-electron chi connectivity index (χ2n) is 9.44. The summed E-state index contributed by atoms with van der Waals surface area (Å²) < 4.78 is 0. The Bertz CT molecular complexity index is 959. The third-order valence-electron chi connectivity index (χ3n) is 6.84. The molecule has 3 heterocycles. The number of nitrogens with zero attached hydrogens (tertiary/aromatic N) is 4. The summed E-state index contributed by atoms with van der Waals surface area (Å²) in [4.78, 5) is 36.6. The number of aromatic nitrogens is 1. The van der Waals surface area contributed by atoms with Crippen molar-refractivity contribution in [3.8, 4) is 0 Å². The first-order chi connectivity index (χ1) is 15.9. The quantitative estimate of drug-likeness (QED) is 0.758. The molecule has 4 rings (SSSR count). The topological polar surface area (TPSA) is 68.8 Å². The number of benzene rings is 1. The van der Waals surface area contributed by atoms with Crippen molar-refractivity contribution in [3.05, 3.63) is 53.7 Å². The Labute approximate surface area is 196 Å². The van der Waals surface area contributed by atoms with Crippen molar-refractivity contribution in [2.75, 3.05) is 49.5 Å². The molecule has 2 amide bonds. The molecule has 0 radical (unpaired) electrons. The number of amides is 2. The van der Waals surface area contributed by atoms with Crippen LogP contribution in [0, 0.1) is 12.8 Å². The molecule has 7 heteroatoms. The van der Waals surface area contributed by atoms with Crippen molar-refractivity contribution in [1.82, 2.24) is 14.8 Å². The smallest absolute Gasteiger partial charge is 0.253 e. The zero-order valence-electron chi connectivity index (χ0n) is 20.0. The van der Waals surface area contributed by atoms with E-state index in [9.17, 15) is 9.59 Å². The van der Waals surface area contributed by atoms with Crippen LogP contribution in [0.3, 0.4) is 0 Å². The van der Waals surface area contributed by atoms with Crippen molar-refractivity contribution in [3.63, 3.8) is 0 Å². The summed E-state index contributed by atoms with van der Waals surface area (Å²) in [6, 6.07) is 12.4. The summed E-state index contributed by atoms with van der Waals surface area (Å²) in [7, 11) is 0. The molecule has 2 aliphatic rings. The number of piperidine rings is 1. The van der Waals surface area contributed by atoms with Gasteiger partial charge in [0.1, 0.15) is 5.82 Å². The lowest BCUT2D eigenvalue weighted by molar-refractivity contribution is -0.121. The van der Waals surface area contributed by atoms with Crippen molar-refractivity contribution in [2.24, 2.45) is 5.92 Å². The van der Waals surface area contributed by atoms with Gasteiger partial charge in [-0.3, -0.25) is 14.5 Å². The highest BCUT2D eigenvalue weighted by atomic mass is 16.2. The van der Waals surface area contributed by atoms with E-state index in [-0.39, 0.29) is 17.7 Å². The van der Waals surface area contributed by atoms with E-state index in [1.807, 2.05) is 36.1 Å². The normalized spacial score (nSPS) is 17.9. The molecule has 2 aliphatic heterocycles. The summed E-state index contributed by atoms with van der Waals surface area (Å²) in [5, 5.41) is 2.91. The number of likely N-dealkylation sites (tertiary alicyclic amines) is 1. The van der Waals surface area contributed by atoms with Gasteiger partial charge in [-0.1, -0.05) is 0 Å². The molecule has 1 aromatic heterocycles. The Kier molecular flexibility index (Phi) is 7.28. The molecule has 2 fully saturated rings. The lowest BCUT2D eigenvalue weighted by atomic mass is 9.95. The van der Waals surface area contributed by atoms with E-state index >= 15 is 0 Å². The molecule has 1 N–H and O–H groups in total. The summed E-state index contributed by atoms with van der Waals surface area (Å²) in [6.07, 6.45) is 3.03. The van der Waals surface area contributed by atoms with Crippen molar-refractivity contribution in [2.45, 2.75) is 39.7 Å². The van der Waals surface area contributed by atoms with E-state index < -0.39 is 0 Å². The molecule has 1 aromatic carbocycles. The molecule has 176 valence electrons. The number of carbonyl (C=O) groups is 2. The minimum absolute atomic E-state index is 0.0119. The van der Waals surface area contributed by atoms with E-state index in [4.69, 9.17) is 0 Å². The van der Waals surface area contributed by atoms with Gasteiger partial charge in [0, 0.05) is 68.7 Å². The van der Waals surface area contributed by atoms with E-state index in [2.05, 4.69) is 46.1 Å². The lowest BCUT2D eigenvalue weighted by Crippen LogP contribution is -2.48. The van der Waals surface area contributed by atoms with Crippen molar-refractivity contribution in [1.29, 1.82) is 0 Å². The number of hydrogen-bond acceptors (Lipinski definition) is 5. The summed E-state index contributed by atoms with van der Waals surface area (Å²) in [5.74, 6) is 0.528. The minimum atomic E-state index is -0.0942. The van der Waals surface area contributed by atoms with Crippen LogP contribution in [0.4, 0.5) is 11.5 Å². The van der Waals surface area contributed by atoms with Crippen LogP contribution >= 0.6 is 0 Å². The Morgan fingerprint density at radius 3 is 2.24 bits per heavy atom. The van der Waals surface area contributed by atoms with Crippen LogP contribution in [-0.4, -0.2) is 71.9 Å². The molecule has 33 heavy (non-hydrogen) atoms. The predicted molar refractivity (Wildman–Crippen MR) is 132 cm³/mol. The zero-order chi connectivity index (χ0) is 23.4. The van der Waals surface area contributed by atoms with Gasteiger partial charge in [0.25, 0.3) is 5.91 Å². The van der Waals surface area contributed by atoms with Gasteiger partial charge in [0.15, 0.2) is 0 Å². The third-order valence-corrected chi connectivity index (χ3v) is 6.84. The van der Waals surface area contributed by atoms with Crippen LogP contribution < -0.4 is 10.2 Å². The maximum atomic E-state index is 13.0. The van der Waals surface area contributed by atoms with Gasteiger partial charge in [-0.05, 0) is 75.6 Å². The van der Waals surface area contributed by atoms with Crippen molar-refractivity contribution >= 4 is 23.3 Å². The highest BCUT2D eigenvalue weighted by Crippen LogP contribution is 2.23. The molecule has 0 aliphatic carbocycles. The fraction of sp³-hybridized carbons (Fsp3) is 0.500. The zero-order valence-corrected chi connectivity index (χ0v) is 20.0. The second-order valence-corrected chi connectivity index (χ2v) is 9.44. The largest absolute Gasteiger partial charge is 0.369 e. The van der Waals surface area contributed by atoms with Crippen LogP contribution in [0.2, 0.25) is 0 Å². The monoisotopic (exact) mass is 449 g/mol. The standard InChI is InChI=1S/C26H35N5O2/c1-19(2)29-14-16-30(17-15-29)23-6-4-22(5-7-23)26(33)31-12-9-21(10-13-31)25(32)28-24-18-20(3)8-11-27-24/h4-8,11,18-19,21H,9-10,12-17H2,1-3H3,(H,27,28,32). The maximum absolute atomic E-state index is 13.0. The molecule has 0 saturated carbocycles. The first-order valence-corrected chi connectivity index (χ1v) is 12.0. The highest BCUT2D eigenvalue weighted by molar-refractivity contribution is 5.95. The molecule has 0 bridgehead atoms. The fourth-order valence-corrected chi connectivity index (χ4v) is 4.67. The van der Waals surface area contributed by atoms with E-state index in [0.29, 0.717) is 43.4 Å². The minimum Gasteiger partial charge on any atom is -0.369 e. The highest BCUT2D eigenvalue weighted by Gasteiger charge is 2.28. The predicted octanol–water partition coefficient (Wildman–Crippen LogP) is 3.41. The van der Waals surface area contributed by atoms with Crippen LogP contribution in [-0.2, 0) is 4.79 Å². The number of piperazine rings is 1. The van der Waals surface area contributed by atoms with Gasteiger partial charge in [0.2, 0.25) is 5.91 Å². The van der Waals surface area contributed by atoms with Crippen LogP contribution in [0.15, 0.2) is 42.6 Å². The SMILES string of the molecule is Cc1ccnc(NC(=O)C2CCN(C(=O)c3ccc(N4CCN(C(C)C)CC4)cc3)CC2)c1. The average Bonchev–Trinajstić information content (AvgIpc) is 2.84. The van der Waals surface area contributed by atoms with Gasteiger partial charge < -0.3 is 15.1 Å². The third kappa shape index (κ3) is 5.71. The molecular weight excluding hydrogens is 414 g/mol. The summed E-state index contributed by atoms with van der Waals surface area (Å²) in [6.45, 7) is 11.8. The number of nitrogens with one attached hydrogen (secondary N) is 1. The van der Waals surface area contributed by atoms with E-state index in [1.165, 1.54) is 5.69 Å². The number of rotatable bonds is 5. The van der Waals surface area contributed by atoms with Gasteiger partial charge in [-0.25, -0.2) is 4.98 Å². The molecule has 0 spiro atoms. The Morgan fingerprint density at radius 1 is 0.970 bits per heavy atom. The number of aryl methyl sites for hydroxylation is 1. The van der Waals surface area contributed by atoms with Gasteiger partial charge >= 0.3 is 0 Å². The number of hydrogen-bond donors (Lipinski definition) is 1. The Morgan fingerprint density at radius 2 is 1.64 bits per heavy atom. The number of carbonyl (C=O) groups excluding carboxylic acids is 2.